The Kier molecular flexibility index (Phi) is 2.03. The van der Waals surface area contributed by atoms with Crippen molar-refractivity contribution in [1.82, 2.24) is 4.98 Å². The van der Waals surface area contributed by atoms with Crippen LogP contribution in [0.25, 0.3) is 10.9 Å². The minimum atomic E-state index is 0.0884. The van der Waals surface area contributed by atoms with Crippen molar-refractivity contribution in [1.29, 1.82) is 0 Å². The second-order valence-corrected chi connectivity index (χ2v) is 4.80. The van der Waals surface area contributed by atoms with E-state index in [1.807, 2.05) is 53.6 Å². The molecule has 1 aliphatic heterocycles. The van der Waals surface area contributed by atoms with Crippen LogP contribution >= 0.6 is 0 Å². The van der Waals surface area contributed by atoms with Crippen LogP contribution in [0.5, 0.6) is 0 Å². The fourth-order valence-electron chi connectivity index (χ4n) is 2.67. The van der Waals surface area contributed by atoms with Gasteiger partial charge < -0.3 is 9.88 Å². The zero-order valence-electron chi connectivity index (χ0n) is 10.3. The molecule has 3 nitrogen and oxygen atoms in total. The number of hydrogen-bond donors (Lipinski definition) is 1. The van der Waals surface area contributed by atoms with Gasteiger partial charge in [-0.1, -0.05) is 18.2 Å². The highest BCUT2D eigenvalue weighted by Crippen LogP contribution is 2.29. The van der Waals surface area contributed by atoms with E-state index in [0.717, 1.165) is 27.7 Å². The first-order valence-electron chi connectivity index (χ1n) is 6.30. The normalized spacial score (nSPS) is 14.1. The van der Waals surface area contributed by atoms with E-state index in [9.17, 15) is 4.79 Å². The number of nitrogens with one attached hydrogen (secondary N) is 1. The van der Waals surface area contributed by atoms with Crippen molar-refractivity contribution in [2.75, 3.05) is 4.90 Å². The Balaban J connectivity index is 1.80. The summed E-state index contributed by atoms with van der Waals surface area (Å²) in [7, 11) is 0. The summed E-state index contributed by atoms with van der Waals surface area (Å²) in [5.74, 6) is 0.0884. The molecule has 0 fully saturated rings. The van der Waals surface area contributed by atoms with E-state index in [4.69, 9.17) is 0 Å². The number of amides is 1. The van der Waals surface area contributed by atoms with Crippen LogP contribution in [-0.2, 0) is 6.54 Å². The maximum absolute atomic E-state index is 12.4. The van der Waals surface area contributed by atoms with Gasteiger partial charge >= 0.3 is 0 Å². The number of H-pyrrole nitrogens is 1. The van der Waals surface area contributed by atoms with Crippen molar-refractivity contribution in [3.05, 3.63) is 65.9 Å². The fourth-order valence-corrected chi connectivity index (χ4v) is 2.67. The van der Waals surface area contributed by atoms with E-state index in [0.29, 0.717) is 6.54 Å². The molecule has 1 aliphatic rings. The Bertz CT molecular complexity index is 788. The van der Waals surface area contributed by atoms with Gasteiger partial charge in [0.15, 0.2) is 0 Å². The average molecular weight is 248 g/mol. The van der Waals surface area contributed by atoms with Crippen LogP contribution in [0, 0.1) is 0 Å². The topological polar surface area (TPSA) is 36.1 Å². The molecule has 0 unspecified atom stereocenters. The maximum Gasteiger partial charge on any atom is 0.258 e. The smallest absolute Gasteiger partial charge is 0.258 e. The van der Waals surface area contributed by atoms with Crippen molar-refractivity contribution in [3.8, 4) is 0 Å². The van der Waals surface area contributed by atoms with Crippen LogP contribution < -0.4 is 4.90 Å². The van der Waals surface area contributed by atoms with Crippen molar-refractivity contribution < 1.29 is 4.79 Å². The summed E-state index contributed by atoms with van der Waals surface area (Å²) in [6.45, 7) is 0.658. The van der Waals surface area contributed by atoms with Gasteiger partial charge in [0.1, 0.15) is 0 Å². The molecule has 0 radical (unpaired) electrons. The lowest BCUT2D eigenvalue weighted by atomic mass is 10.1. The average Bonchev–Trinajstić information content (AvgIpc) is 3.03. The van der Waals surface area contributed by atoms with Gasteiger partial charge in [0, 0.05) is 28.4 Å². The summed E-state index contributed by atoms with van der Waals surface area (Å²) < 4.78 is 0. The molecule has 0 saturated carbocycles. The largest absolute Gasteiger partial charge is 0.361 e. The first-order valence-corrected chi connectivity index (χ1v) is 6.30. The van der Waals surface area contributed by atoms with Gasteiger partial charge in [-0.15, -0.1) is 0 Å². The number of anilines is 1. The Hall–Kier alpha value is -2.55. The van der Waals surface area contributed by atoms with E-state index in [1.165, 1.54) is 0 Å². The third-order valence-electron chi connectivity index (χ3n) is 3.67. The van der Waals surface area contributed by atoms with Gasteiger partial charge in [0.2, 0.25) is 0 Å². The molecule has 19 heavy (non-hydrogen) atoms. The lowest BCUT2D eigenvalue weighted by Crippen LogP contribution is -2.22. The molecule has 0 bridgehead atoms. The molecule has 4 rings (SSSR count). The summed E-state index contributed by atoms with van der Waals surface area (Å²) >= 11 is 0. The van der Waals surface area contributed by atoms with Gasteiger partial charge in [-0.05, 0) is 35.9 Å². The molecule has 2 aromatic carbocycles. The standard InChI is InChI=1S/C16H12N2O/c19-16-14-4-2-1-3-12(14)10-18(16)13-5-6-15-11(9-13)7-8-17-15/h1-9,17H,10H2. The molecular formula is C16H12N2O. The minimum Gasteiger partial charge on any atom is -0.361 e. The lowest BCUT2D eigenvalue weighted by molar-refractivity contribution is 0.0996. The van der Waals surface area contributed by atoms with E-state index in [1.54, 1.807) is 0 Å². The molecule has 3 heteroatoms. The highest BCUT2D eigenvalue weighted by atomic mass is 16.2. The van der Waals surface area contributed by atoms with Gasteiger partial charge in [-0.3, -0.25) is 4.79 Å². The number of aromatic nitrogens is 1. The van der Waals surface area contributed by atoms with Gasteiger partial charge in [0.25, 0.3) is 5.91 Å². The Morgan fingerprint density at radius 1 is 1.05 bits per heavy atom. The number of aromatic amines is 1. The van der Waals surface area contributed by atoms with Crippen LogP contribution in [0.3, 0.4) is 0 Å². The Labute approximate surface area is 110 Å². The predicted molar refractivity (Wildman–Crippen MR) is 75.3 cm³/mol. The third kappa shape index (κ3) is 1.48. The quantitative estimate of drug-likeness (QED) is 0.704. The first kappa shape index (κ1) is 10.4. The number of nitrogens with zero attached hydrogens (tertiary/aromatic N) is 1. The number of rotatable bonds is 1. The van der Waals surface area contributed by atoms with Gasteiger partial charge in [-0.2, -0.15) is 0 Å². The van der Waals surface area contributed by atoms with Crippen LogP contribution in [0.4, 0.5) is 5.69 Å². The molecule has 0 atom stereocenters. The summed E-state index contributed by atoms with van der Waals surface area (Å²) in [4.78, 5) is 17.4. The van der Waals surface area contributed by atoms with Crippen molar-refractivity contribution in [2.45, 2.75) is 6.54 Å². The summed E-state index contributed by atoms with van der Waals surface area (Å²) in [6.07, 6.45) is 1.91. The summed E-state index contributed by atoms with van der Waals surface area (Å²) in [5, 5.41) is 1.13. The van der Waals surface area contributed by atoms with Crippen LogP contribution in [0.2, 0.25) is 0 Å². The van der Waals surface area contributed by atoms with E-state index in [2.05, 4.69) is 11.1 Å². The molecule has 0 spiro atoms. The third-order valence-corrected chi connectivity index (χ3v) is 3.67. The summed E-state index contributed by atoms with van der Waals surface area (Å²) in [5.41, 5.74) is 3.96. The van der Waals surface area contributed by atoms with Gasteiger partial charge in [0.05, 0.1) is 6.54 Å². The van der Waals surface area contributed by atoms with Gasteiger partial charge in [-0.25, -0.2) is 0 Å². The molecule has 1 amide bonds. The number of benzene rings is 2. The van der Waals surface area contributed by atoms with Crippen LogP contribution in [0.15, 0.2) is 54.7 Å². The maximum atomic E-state index is 12.4. The monoisotopic (exact) mass is 248 g/mol. The number of fused-ring (bicyclic) bond motifs is 2. The van der Waals surface area contributed by atoms with E-state index < -0.39 is 0 Å². The van der Waals surface area contributed by atoms with Crippen molar-refractivity contribution >= 4 is 22.5 Å². The second-order valence-electron chi connectivity index (χ2n) is 4.80. The molecular weight excluding hydrogens is 236 g/mol. The molecule has 2 heterocycles. The number of carbonyl (C=O) groups excluding carboxylic acids is 1. The second kappa shape index (κ2) is 3.72. The SMILES string of the molecule is O=C1c2ccccc2CN1c1ccc2[nH]ccc2c1. The predicted octanol–water partition coefficient (Wildman–Crippen LogP) is 3.33. The number of hydrogen-bond acceptors (Lipinski definition) is 1. The molecule has 92 valence electrons. The van der Waals surface area contributed by atoms with Crippen LogP contribution in [-0.4, -0.2) is 10.9 Å². The minimum absolute atomic E-state index is 0.0884. The number of carbonyl (C=O) groups is 1. The molecule has 0 aliphatic carbocycles. The van der Waals surface area contributed by atoms with E-state index >= 15 is 0 Å². The Morgan fingerprint density at radius 2 is 1.95 bits per heavy atom. The molecule has 1 N–H and O–H groups in total. The first-order chi connectivity index (χ1) is 9.33. The summed E-state index contributed by atoms with van der Waals surface area (Å²) in [6, 6.07) is 15.9. The molecule has 1 aromatic heterocycles. The highest BCUT2D eigenvalue weighted by molar-refractivity contribution is 6.10. The van der Waals surface area contributed by atoms with Crippen molar-refractivity contribution in [3.63, 3.8) is 0 Å². The van der Waals surface area contributed by atoms with Crippen molar-refractivity contribution in [2.24, 2.45) is 0 Å². The molecule has 3 aromatic rings. The Morgan fingerprint density at radius 3 is 2.84 bits per heavy atom. The van der Waals surface area contributed by atoms with E-state index in [-0.39, 0.29) is 5.91 Å². The zero-order valence-corrected chi connectivity index (χ0v) is 10.3. The molecule has 0 saturated heterocycles. The highest BCUT2D eigenvalue weighted by Gasteiger charge is 2.27. The zero-order chi connectivity index (χ0) is 12.8. The fraction of sp³-hybridized carbons (Fsp3) is 0.0625. The lowest BCUT2D eigenvalue weighted by Gasteiger charge is -2.15. The van der Waals surface area contributed by atoms with Crippen LogP contribution in [0.1, 0.15) is 15.9 Å².